The molecule has 1 aromatic heterocycles. The molecule has 18 heavy (non-hydrogen) atoms. The third kappa shape index (κ3) is 3.22. The van der Waals surface area contributed by atoms with Crippen molar-refractivity contribution in [2.45, 2.75) is 45.1 Å². The van der Waals surface area contributed by atoms with Crippen LogP contribution in [0.3, 0.4) is 0 Å². The van der Waals surface area contributed by atoms with Gasteiger partial charge in [-0.15, -0.1) is 0 Å². The number of pyridine rings is 1. The number of amides is 1. The number of aromatic nitrogens is 1. The van der Waals surface area contributed by atoms with E-state index < -0.39 is 0 Å². The van der Waals surface area contributed by atoms with Crippen LogP contribution in [0.25, 0.3) is 0 Å². The van der Waals surface area contributed by atoms with Crippen molar-refractivity contribution in [3.8, 4) is 0 Å². The molecule has 1 aliphatic rings. The van der Waals surface area contributed by atoms with Crippen molar-refractivity contribution in [2.75, 3.05) is 12.4 Å². The summed E-state index contributed by atoms with van der Waals surface area (Å²) in [7, 11) is 1.81. The first-order valence-electron chi connectivity index (χ1n) is 6.66. The largest absolute Gasteiger partial charge is 0.373 e. The van der Waals surface area contributed by atoms with Crippen molar-refractivity contribution >= 4 is 11.7 Å². The number of carbonyl (C=O) groups is 1. The first-order valence-corrected chi connectivity index (χ1v) is 6.66. The molecular weight excluding hydrogens is 226 g/mol. The number of aryl methyl sites for hydroxylation is 1. The Morgan fingerprint density at radius 2 is 2.00 bits per heavy atom. The molecule has 2 rings (SSSR count). The molecule has 0 radical (unpaired) electrons. The van der Waals surface area contributed by atoms with Gasteiger partial charge in [-0.05, 0) is 31.9 Å². The molecule has 4 heteroatoms. The van der Waals surface area contributed by atoms with Gasteiger partial charge in [0.15, 0.2) is 0 Å². The van der Waals surface area contributed by atoms with Gasteiger partial charge in [0.05, 0.1) is 0 Å². The smallest absolute Gasteiger partial charge is 0.251 e. The van der Waals surface area contributed by atoms with Crippen LogP contribution in [-0.2, 0) is 0 Å². The molecule has 0 spiro atoms. The zero-order valence-corrected chi connectivity index (χ0v) is 11.1. The van der Waals surface area contributed by atoms with Gasteiger partial charge in [0.2, 0.25) is 0 Å². The molecule has 1 heterocycles. The van der Waals surface area contributed by atoms with Crippen LogP contribution in [0.5, 0.6) is 0 Å². The van der Waals surface area contributed by atoms with Gasteiger partial charge in [-0.3, -0.25) is 4.79 Å². The molecule has 1 aromatic rings. The van der Waals surface area contributed by atoms with Crippen molar-refractivity contribution in [1.82, 2.24) is 10.3 Å². The molecule has 1 aliphatic carbocycles. The first kappa shape index (κ1) is 12.9. The number of nitrogens with one attached hydrogen (secondary N) is 2. The second-order valence-corrected chi connectivity index (χ2v) is 4.94. The number of anilines is 1. The fourth-order valence-corrected chi connectivity index (χ4v) is 2.44. The summed E-state index contributed by atoms with van der Waals surface area (Å²) in [4.78, 5) is 16.5. The Hall–Kier alpha value is -1.58. The van der Waals surface area contributed by atoms with Gasteiger partial charge in [0, 0.05) is 24.3 Å². The second kappa shape index (κ2) is 5.85. The highest BCUT2D eigenvalue weighted by molar-refractivity contribution is 5.95. The standard InChI is InChI=1S/C14H21N3O/c1-10-8-11(9-13(15-2)16-10)14(18)17-12-6-4-3-5-7-12/h8-9,12H,3-7H2,1-2H3,(H,15,16)(H,17,18). The molecule has 0 unspecified atom stereocenters. The molecule has 1 fully saturated rings. The molecule has 2 N–H and O–H groups in total. The molecule has 0 aliphatic heterocycles. The summed E-state index contributed by atoms with van der Waals surface area (Å²) >= 11 is 0. The summed E-state index contributed by atoms with van der Waals surface area (Å²) in [5, 5.41) is 6.09. The van der Waals surface area contributed by atoms with Crippen LogP contribution in [0.15, 0.2) is 12.1 Å². The van der Waals surface area contributed by atoms with Crippen LogP contribution in [0.4, 0.5) is 5.82 Å². The molecule has 0 atom stereocenters. The second-order valence-electron chi connectivity index (χ2n) is 4.94. The van der Waals surface area contributed by atoms with E-state index in [4.69, 9.17) is 0 Å². The average molecular weight is 247 g/mol. The lowest BCUT2D eigenvalue weighted by Gasteiger charge is -2.22. The van der Waals surface area contributed by atoms with Crippen molar-refractivity contribution in [3.63, 3.8) is 0 Å². The Balaban J connectivity index is 2.05. The normalized spacial score (nSPS) is 16.3. The Bertz CT molecular complexity index is 425. The van der Waals surface area contributed by atoms with Crippen LogP contribution >= 0.6 is 0 Å². The summed E-state index contributed by atoms with van der Waals surface area (Å²) in [6, 6.07) is 3.97. The van der Waals surface area contributed by atoms with E-state index in [-0.39, 0.29) is 5.91 Å². The Morgan fingerprint density at radius 1 is 1.28 bits per heavy atom. The summed E-state index contributed by atoms with van der Waals surface area (Å²) in [5.41, 5.74) is 1.55. The minimum atomic E-state index is 0.0175. The van der Waals surface area contributed by atoms with E-state index in [2.05, 4.69) is 15.6 Å². The van der Waals surface area contributed by atoms with E-state index in [0.29, 0.717) is 11.6 Å². The van der Waals surface area contributed by atoms with E-state index >= 15 is 0 Å². The summed E-state index contributed by atoms with van der Waals surface area (Å²) in [6.45, 7) is 1.90. The van der Waals surface area contributed by atoms with Crippen LogP contribution in [0, 0.1) is 6.92 Å². The van der Waals surface area contributed by atoms with Gasteiger partial charge >= 0.3 is 0 Å². The fraction of sp³-hybridized carbons (Fsp3) is 0.571. The van der Waals surface area contributed by atoms with Crippen molar-refractivity contribution < 1.29 is 4.79 Å². The molecule has 1 saturated carbocycles. The minimum Gasteiger partial charge on any atom is -0.373 e. The van der Waals surface area contributed by atoms with Gasteiger partial charge in [-0.2, -0.15) is 0 Å². The lowest BCUT2D eigenvalue weighted by atomic mass is 9.95. The molecule has 1 amide bonds. The maximum atomic E-state index is 12.2. The monoisotopic (exact) mass is 247 g/mol. The predicted molar refractivity (Wildman–Crippen MR) is 72.9 cm³/mol. The van der Waals surface area contributed by atoms with E-state index in [1.165, 1.54) is 19.3 Å². The molecule has 0 bridgehead atoms. The lowest BCUT2D eigenvalue weighted by molar-refractivity contribution is 0.0927. The average Bonchev–Trinajstić information content (AvgIpc) is 2.39. The van der Waals surface area contributed by atoms with Crippen LogP contribution < -0.4 is 10.6 Å². The maximum Gasteiger partial charge on any atom is 0.251 e. The topological polar surface area (TPSA) is 54.0 Å². The molecule has 98 valence electrons. The zero-order valence-electron chi connectivity index (χ0n) is 11.1. The number of nitrogens with zero attached hydrogens (tertiary/aromatic N) is 1. The van der Waals surface area contributed by atoms with Gasteiger partial charge in [0.25, 0.3) is 5.91 Å². The van der Waals surface area contributed by atoms with Crippen molar-refractivity contribution in [3.05, 3.63) is 23.4 Å². The quantitative estimate of drug-likeness (QED) is 0.863. The van der Waals surface area contributed by atoms with E-state index in [1.54, 1.807) is 6.07 Å². The van der Waals surface area contributed by atoms with Crippen molar-refractivity contribution in [1.29, 1.82) is 0 Å². The first-order chi connectivity index (χ1) is 8.69. The highest BCUT2D eigenvalue weighted by Gasteiger charge is 2.17. The Labute approximate surface area is 108 Å². The Kier molecular flexibility index (Phi) is 4.18. The minimum absolute atomic E-state index is 0.0175. The number of hydrogen-bond donors (Lipinski definition) is 2. The van der Waals surface area contributed by atoms with Crippen molar-refractivity contribution in [2.24, 2.45) is 0 Å². The highest BCUT2D eigenvalue weighted by Crippen LogP contribution is 2.18. The van der Waals surface area contributed by atoms with E-state index in [1.807, 2.05) is 20.0 Å². The van der Waals surface area contributed by atoms with Crippen LogP contribution in [-0.4, -0.2) is 24.0 Å². The fourth-order valence-electron chi connectivity index (χ4n) is 2.44. The molecular formula is C14H21N3O. The number of carbonyl (C=O) groups excluding carboxylic acids is 1. The SMILES string of the molecule is CNc1cc(C(=O)NC2CCCCC2)cc(C)n1. The summed E-state index contributed by atoms with van der Waals surface area (Å²) in [6.07, 6.45) is 5.96. The van der Waals surface area contributed by atoms with Gasteiger partial charge < -0.3 is 10.6 Å². The third-order valence-corrected chi connectivity index (χ3v) is 3.41. The van der Waals surface area contributed by atoms with E-state index in [0.717, 1.165) is 24.4 Å². The van der Waals surface area contributed by atoms with Gasteiger partial charge in [-0.1, -0.05) is 19.3 Å². The Morgan fingerprint density at radius 3 is 2.67 bits per heavy atom. The third-order valence-electron chi connectivity index (χ3n) is 3.41. The summed E-state index contributed by atoms with van der Waals surface area (Å²) < 4.78 is 0. The predicted octanol–water partition coefficient (Wildman–Crippen LogP) is 2.49. The van der Waals surface area contributed by atoms with Crippen LogP contribution in [0.1, 0.15) is 48.2 Å². The molecule has 0 aromatic carbocycles. The molecule has 4 nitrogen and oxygen atoms in total. The van der Waals surface area contributed by atoms with Gasteiger partial charge in [-0.25, -0.2) is 4.98 Å². The lowest BCUT2D eigenvalue weighted by Crippen LogP contribution is -2.36. The zero-order chi connectivity index (χ0) is 13.0. The number of hydrogen-bond acceptors (Lipinski definition) is 3. The maximum absolute atomic E-state index is 12.2. The number of rotatable bonds is 3. The van der Waals surface area contributed by atoms with E-state index in [9.17, 15) is 4.79 Å². The summed E-state index contributed by atoms with van der Waals surface area (Å²) in [5.74, 6) is 0.757. The molecule has 0 saturated heterocycles. The highest BCUT2D eigenvalue weighted by atomic mass is 16.1. The van der Waals surface area contributed by atoms with Gasteiger partial charge in [0.1, 0.15) is 5.82 Å². The van der Waals surface area contributed by atoms with Crippen LogP contribution in [0.2, 0.25) is 0 Å².